The predicted molar refractivity (Wildman–Crippen MR) is 68.0 cm³/mol. The summed E-state index contributed by atoms with van der Waals surface area (Å²) in [5.74, 6) is -1.59. The summed E-state index contributed by atoms with van der Waals surface area (Å²) in [6.07, 6.45) is -3.49. The van der Waals surface area contributed by atoms with Crippen LogP contribution in [0.5, 0.6) is 0 Å². The third kappa shape index (κ3) is 3.47. The molecule has 0 saturated carbocycles. The Morgan fingerprint density at radius 1 is 1.19 bits per heavy atom. The first-order valence-electron chi connectivity index (χ1n) is 5.67. The third-order valence-electron chi connectivity index (χ3n) is 2.59. The molecule has 1 aromatic heterocycles. The summed E-state index contributed by atoms with van der Waals surface area (Å²) in [5, 5.41) is 2.06. The molecule has 4 nitrogen and oxygen atoms in total. The van der Waals surface area contributed by atoms with Gasteiger partial charge in [0.25, 0.3) is 5.91 Å². The lowest BCUT2D eigenvalue weighted by Crippen LogP contribution is -2.15. The van der Waals surface area contributed by atoms with Gasteiger partial charge in [0, 0.05) is 6.20 Å². The number of alkyl halides is 3. The molecule has 0 aliphatic heterocycles. The smallest absolute Gasteiger partial charge is 0.384 e. The van der Waals surface area contributed by atoms with Gasteiger partial charge >= 0.3 is 6.18 Å². The van der Waals surface area contributed by atoms with Crippen molar-refractivity contribution in [1.82, 2.24) is 4.98 Å². The van der Waals surface area contributed by atoms with Gasteiger partial charge in [-0.2, -0.15) is 13.2 Å². The summed E-state index contributed by atoms with van der Waals surface area (Å²) < 4.78 is 51.1. The van der Waals surface area contributed by atoms with E-state index >= 15 is 0 Å². The second kappa shape index (κ2) is 5.39. The number of nitrogen functional groups attached to an aromatic ring is 1. The normalized spacial score (nSPS) is 11.2. The molecule has 0 aliphatic carbocycles. The first kappa shape index (κ1) is 14.8. The van der Waals surface area contributed by atoms with Gasteiger partial charge in [0.15, 0.2) is 0 Å². The summed E-state index contributed by atoms with van der Waals surface area (Å²) in [4.78, 5) is 15.5. The minimum Gasteiger partial charge on any atom is -0.384 e. The van der Waals surface area contributed by atoms with E-state index in [1.807, 2.05) is 0 Å². The van der Waals surface area contributed by atoms with E-state index in [0.717, 1.165) is 6.20 Å². The van der Waals surface area contributed by atoms with Crippen LogP contribution in [0.1, 0.15) is 15.9 Å². The van der Waals surface area contributed by atoms with Crippen molar-refractivity contribution in [1.29, 1.82) is 0 Å². The maximum Gasteiger partial charge on any atom is 0.416 e. The Morgan fingerprint density at radius 3 is 2.48 bits per heavy atom. The molecule has 21 heavy (non-hydrogen) atoms. The Labute approximate surface area is 116 Å². The molecule has 1 amide bonds. The van der Waals surface area contributed by atoms with Crippen LogP contribution >= 0.6 is 0 Å². The number of carbonyl (C=O) groups is 1. The third-order valence-corrected chi connectivity index (χ3v) is 2.59. The second-order valence-corrected chi connectivity index (χ2v) is 4.12. The molecule has 0 spiro atoms. The van der Waals surface area contributed by atoms with Crippen molar-refractivity contribution < 1.29 is 22.4 Å². The van der Waals surface area contributed by atoms with E-state index in [4.69, 9.17) is 5.73 Å². The molecule has 3 N–H and O–H groups in total. The van der Waals surface area contributed by atoms with Crippen LogP contribution in [-0.2, 0) is 6.18 Å². The topological polar surface area (TPSA) is 68.0 Å². The van der Waals surface area contributed by atoms with Crippen LogP contribution in [0.2, 0.25) is 0 Å². The molecule has 1 heterocycles. The number of pyridine rings is 1. The predicted octanol–water partition coefficient (Wildman–Crippen LogP) is 3.07. The van der Waals surface area contributed by atoms with Gasteiger partial charge < -0.3 is 11.1 Å². The van der Waals surface area contributed by atoms with Crippen LogP contribution in [0.15, 0.2) is 36.5 Å². The number of amides is 1. The molecule has 0 radical (unpaired) electrons. The monoisotopic (exact) mass is 299 g/mol. The van der Waals surface area contributed by atoms with Gasteiger partial charge in [0.2, 0.25) is 0 Å². The Bertz CT molecular complexity index is 668. The number of nitrogens with zero attached hydrogens (tertiary/aromatic N) is 1. The number of carbonyl (C=O) groups excluding carboxylic acids is 1. The summed E-state index contributed by atoms with van der Waals surface area (Å²) in [5.41, 5.74) is 3.76. The Balaban J connectivity index is 2.26. The molecule has 0 fully saturated rings. The zero-order valence-corrected chi connectivity index (χ0v) is 10.4. The molecule has 0 aliphatic rings. The number of rotatable bonds is 2. The highest BCUT2D eigenvalue weighted by Crippen LogP contribution is 2.31. The molecule has 1 aromatic carbocycles. The molecule has 0 atom stereocenters. The van der Waals surface area contributed by atoms with Gasteiger partial charge in [-0.3, -0.25) is 4.79 Å². The first-order valence-corrected chi connectivity index (χ1v) is 5.67. The Morgan fingerprint density at radius 2 is 1.90 bits per heavy atom. The van der Waals surface area contributed by atoms with Gasteiger partial charge in [0.05, 0.1) is 16.8 Å². The van der Waals surface area contributed by atoms with Crippen molar-refractivity contribution in [3.05, 3.63) is 53.5 Å². The van der Waals surface area contributed by atoms with Gasteiger partial charge in [-0.15, -0.1) is 0 Å². The summed E-state index contributed by atoms with van der Waals surface area (Å²) >= 11 is 0. The van der Waals surface area contributed by atoms with E-state index in [1.165, 1.54) is 12.1 Å². The highest BCUT2D eigenvalue weighted by Gasteiger charge is 2.31. The molecule has 2 aromatic rings. The first-order chi connectivity index (χ1) is 9.77. The van der Waals surface area contributed by atoms with E-state index in [1.54, 1.807) is 0 Å². The average Bonchev–Trinajstić information content (AvgIpc) is 2.40. The maximum atomic E-state index is 13.5. The van der Waals surface area contributed by atoms with Crippen molar-refractivity contribution >= 4 is 17.4 Å². The molecular formula is C13H9F4N3O. The standard InChI is InChI=1S/C13H9F4N3O/c14-9-3-2-8(13(15,16)17)5-10(9)20-12(21)7-1-4-11(18)19-6-7/h1-6H,(H2,18,19)(H,20,21). The lowest BCUT2D eigenvalue weighted by Gasteiger charge is -2.11. The summed E-state index contributed by atoms with van der Waals surface area (Å²) in [6.45, 7) is 0. The zero-order valence-electron chi connectivity index (χ0n) is 10.4. The maximum absolute atomic E-state index is 13.5. The Hall–Kier alpha value is -2.64. The molecule has 110 valence electrons. The van der Waals surface area contributed by atoms with Crippen molar-refractivity contribution in [3.63, 3.8) is 0 Å². The van der Waals surface area contributed by atoms with Gasteiger partial charge in [0.1, 0.15) is 11.6 Å². The average molecular weight is 299 g/mol. The highest BCUT2D eigenvalue weighted by molar-refractivity contribution is 6.04. The van der Waals surface area contributed by atoms with Crippen LogP contribution < -0.4 is 11.1 Å². The van der Waals surface area contributed by atoms with Gasteiger partial charge in [-0.1, -0.05) is 0 Å². The highest BCUT2D eigenvalue weighted by atomic mass is 19.4. The lowest BCUT2D eigenvalue weighted by atomic mass is 10.1. The van der Waals surface area contributed by atoms with Gasteiger partial charge in [-0.05, 0) is 30.3 Å². The summed E-state index contributed by atoms with van der Waals surface area (Å²) in [6, 6.07) is 4.42. The van der Waals surface area contributed by atoms with E-state index in [2.05, 4.69) is 10.3 Å². The fraction of sp³-hybridized carbons (Fsp3) is 0.0769. The number of benzene rings is 1. The molecule has 0 unspecified atom stereocenters. The fourth-order valence-corrected chi connectivity index (χ4v) is 1.53. The van der Waals surface area contributed by atoms with Crippen molar-refractivity contribution in [2.45, 2.75) is 6.18 Å². The quantitative estimate of drug-likeness (QED) is 0.837. The van der Waals surface area contributed by atoms with Crippen molar-refractivity contribution in [2.24, 2.45) is 0 Å². The number of hydrogen-bond acceptors (Lipinski definition) is 3. The largest absolute Gasteiger partial charge is 0.416 e. The number of halogens is 4. The molecule has 0 bridgehead atoms. The SMILES string of the molecule is Nc1ccc(C(=O)Nc2cc(C(F)(F)F)ccc2F)cn1. The number of anilines is 2. The van der Waals surface area contributed by atoms with Gasteiger partial charge in [-0.25, -0.2) is 9.37 Å². The number of nitrogens with one attached hydrogen (secondary N) is 1. The fourth-order valence-electron chi connectivity index (χ4n) is 1.53. The van der Waals surface area contributed by atoms with E-state index in [-0.39, 0.29) is 11.4 Å². The van der Waals surface area contributed by atoms with E-state index in [9.17, 15) is 22.4 Å². The van der Waals surface area contributed by atoms with Crippen LogP contribution in [0.3, 0.4) is 0 Å². The number of hydrogen-bond donors (Lipinski definition) is 2. The van der Waals surface area contributed by atoms with Crippen molar-refractivity contribution in [2.75, 3.05) is 11.1 Å². The minimum absolute atomic E-state index is 0.0426. The summed E-state index contributed by atoms with van der Waals surface area (Å²) in [7, 11) is 0. The van der Waals surface area contributed by atoms with Crippen LogP contribution in [0.25, 0.3) is 0 Å². The zero-order chi connectivity index (χ0) is 15.6. The Kier molecular flexibility index (Phi) is 3.79. The minimum atomic E-state index is -4.63. The number of aromatic nitrogens is 1. The number of nitrogens with two attached hydrogens (primary N) is 1. The molecular weight excluding hydrogens is 290 g/mol. The molecule has 8 heteroatoms. The lowest BCUT2D eigenvalue weighted by molar-refractivity contribution is -0.137. The van der Waals surface area contributed by atoms with Crippen molar-refractivity contribution in [3.8, 4) is 0 Å². The van der Waals surface area contributed by atoms with Crippen LogP contribution in [0, 0.1) is 5.82 Å². The molecule has 0 saturated heterocycles. The van der Waals surface area contributed by atoms with E-state index < -0.39 is 29.2 Å². The van der Waals surface area contributed by atoms with E-state index in [0.29, 0.717) is 18.2 Å². The van der Waals surface area contributed by atoms with Crippen LogP contribution in [-0.4, -0.2) is 10.9 Å². The van der Waals surface area contributed by atoms with Crippen LogP contribution in [0.4, 0.5) is 29.1 Å². The second-order valence-electron chi connectivity index (χ2n) is 4.12. The molecule has 2 rings (SSSR count).